The fourth-order valence-corrected chi connectivity index (χ4v) is 3.03. The summed E-state index contributed by atoms with van der Waals surface area (Å²) in [6, 6.07) is 5.48. The van der Waals surface area contributed by atoms with E-state index in [0.29, 0.717) is 16.5 Å². The van der Waals surface area contributed by atoms with Crippen LogP contribution in [0.5, 0.6) is 0 Å². The summed E-state index contributed by atoms with van der Waals surface area (Å²) < 4.78 is 0. The normalized spacial score (nSPS) is 12.7. The molecule has 1 heterocycles. The fourth-order valence-electron chi connectivity index (χ4n) is 1.74. The van der Waals surface area contributed by atoms with Gasteiger partial charge in [-0.1, -0.05) is 35.3 Å². The highest BCUT2D eigenvalue weighted by atomic mass is 35.5. The Labute approximate surface area is 115 Å². The van der Waals surface area contributed by atoms with E-state index in [0.717, 1.165) is 16.7 Å². The van der Waals surface area contributed by atoms with Gasteiger partial charge in [0.1, 0.15) is 0 Å². The zero-order valence-electron chi connectivity index (χ0n) is 9.28. The van der Waals surface area contributed by atoms with Gasteiger partial charge in [0.05, 0.1) is 16.1 Å². The number of hydrogen-bond acceptors (Lipinski definition) is 2. The Bertz CT molecular complexity index is 522. The summed E-state index contributed by atoms with van der Waals surface area (Å²) >= 11 is 13.6. The second-order valence-corrected chi connectivity index (χ2v) is 5.47. The maximum atomic E-state index is 10.2. The number of aryl methyl sites for hydroxylation is 1. The van der Waals surface area contributed by atoms with Crippen molar-refractivity contribution in [2.45, 2.75) is 19.4 Å². The van der Waals surface area contributed by atoms with E-state index in [-0.39, 0.29) is 0 Å². The summed E-state index contributed by atoms with van der Waals surface area (Å²) in [5.41, 5.74) is 2.95. The van der Waals surface area contributed by atoms with Crippen molar-refractivity contribution in [3.8, 4) is 0 Å². The van der Waals surface area contributed by atoms with E-state index < -0.39 is 6.10 Å². The Morgan fingerprint density at radius 2 is 2.06 bits per heavy atom. The molecule has 17 heavy (non-hydrogen) atoms. The van der Waals surface area contributed by atoms with Crippen LogP contribution in [0.1, 0.15) is 22.8 Å². The van der Waals surface area contributed by atoms with Gasteiger partial charge in [-0.25, -0.2) is 0 Å². The van der Waals surface area contributed by atoms with E-state index >= 15 is 0 Å². The van der Waals surface area contributed by atoms with Gasteiger partial charge in [0.2, 0.25) is 0 Å². The first-order chi connectivity index (χ1) is 8.09. The number of halogens is 2. The minimum absolute atomic E-state index is 0.483. The molecule has 1 N–H and O–H groups in total. The predicted molar refractivity (Wildman–Crippen MR) is 74.2 cm³/mol. The second-order valence-electron chi connectivity index (χ2n) is 3.94. The zero-order chi connectivity index (χ0) is 12.4. The lowest BCUT2D eigenvalue weighted by molar-refractivity contribution is 0.178. The molecular formula is C13H12Cl2OS. The molecule has 0 aliphatic carbocycles. The smallest absolute Gasteiger partial charge is 0.0841 e. The van der Waals surface area contributed by atoms with Crippen LogP contribution < -0.4 is 0 Å². The van der Waals surface area contributed by atoms with Crippen LogP contribution in [-0.4, -0.2) is 5.11 Å². The van der Waals surface area contributed by atoms with Crippen molar-refractivity contribution < 1.29 is 5.11 Å². The Balaban J connectivity index is 2.22. The van der Waals surface area contributed by atoms with Gasteiger partial charge in [-0.2, -0.15) is 11.3 Å². The lowest BCUT2D eigenvalue weighted by atomic mass is 10.0. The van der Waals surface area contributed by atoms with Crippen LogP contribution in [0, 0.1) is 6.92 Å². The molecule has 0 aliphatic heterocycles. The fraction of sp³-hybridized carbons (Fsp3) is 0.231. The average Bonchev–Trinajstić information content (AvgIpc) is 2.71. The van der Waals surface area contributed by atoms with Crippen molar-refractivity contribution in [2.24, 2.45) is 0 Å². The number of thiophene rings is 1. The van der Waals surface area contributed by atoms with E-state index in [1.807, 2.05) is 29.8 Å². The molecule has 2 rings (SSSR count). The minimum atomic E-state index is -0.530. The number of aliphatic hydroxyl groups is 1. The van der Waals surface area contributed by atoms with Crippen molar-refractivity contribution in [2.75, 3.05) is 0 Å². The van der Waals surface area contributed by atoms with Gasteiger partial charge >= 0.3 is 0 Å². The molecule has 0 bridgehead atoms. The van der Waals surface area contributed by atoms with Crippen LogP contribution in [-0.2, 0) is 6.42 Å². The molecule has 0 spiro atoms. The van der Waals surface area contributed by atoms with E-state index in [1.165, 1.54) is 0 Å². The Morgan fingerprint density at radius 3 is 2.71 bits per heavy atom. The van der Waals surface area contributed by atoms with Gasteiger partial charge in [0.25, 0.3) is 0 Å². The SMILES string of the molecule is Cc1cscc1C(O)Cc1cccc(Cl)c1Cl. The van der Waals surface area contributed by atoms with Crippen LogP contribution >= 0.6 is 34.5 Å². The van der Waals surface area contributed by atoms with Crippen LogP contribution in [0.15, 0.2) is 29.0 Å². The first kappa shape index (κ1) is 12.9. The number of benzene rings is 1. The lowest BCUT2D eigenvalue weighted by Crippen LogP contribution is -2.02. The van der Waals surface area contributed by atoms with Gasteiger partial charge < -0.3 is 5.11 Å². The van der Waals surface area contributed by atoms with Crippen LogP contribution in [0.25, 0.3) is 0 Å². The van der Waals surface area contributed by atoms with E-state index in [4.69, 9.17) is 23.2 Å². The largest absolute Gasteiger partial charge is 0.388 e. The van der Waals surface area contributed by atoms with E-state index in [1.54, 1.807) is 17.4 Å². The Hall–Kier alpha value is -0.540. The van der Waals surface area contributed by atoms with Gasteiger partial charge in [-0.3, -0.25) is 0 Å². The standard InChI is InChI=1S/C13H12Cl2OS/c1-8-6-17-7-10(8)12(16)5-9-3-2-4-11(14)13(9)15/h2-4,6-7,12,16H,5H2,1H3. The van der Waals surface area contributed by atoms with E-state index in [2.05, 4.69) is 0 Å². The van der Waals surface area contributed by atoms with E-state index in [9.17, 15) is 5.11 Å². The zero-order valence-corrected chi connectivity index (χ0v) is 11.6. The first-order valence-electron chi connectivity index (χ1n) is 5.23. The summed E-state index contributed by atoms with van der Waals surface area (Å²) in [6.45, 7) is 1.99. The number of hydrogen-bond donors (Lipinski definition) is 1. The quantitative estimate of drug-likeness (QED) is 0.872. The van der Waals surface area contributed by atoms with Crippen molar-refractivity contribution in [3.05, 3.63) is 55.7 Å². The molecule has 1 atom stereocenters. The topological polar surface area (TPSA) is 20.2 Å². The van der Waals surface area contributed by atoms with Crippen LogP contribution in [0.3, 0.4) is 0 Å². The highest BCUT2D eigenvalue weighted by Crippen LogP contribution is 2.30. The third-order valence-electron chi connectivity index (χ3n) is 2.70. The van der Waals surface area contributed by atoms with Crippen LogP contribution in [0.4, 0.5) is 0 Å². The molecule has 1 unspecified atom stereocenters. The van der Waals surface area contributed by atoms with Gasteiger partial charge in [-0.15, -0.1) is 0 Å². The molecule has 90 valence electrons. The molecule has 1 nitrogen and oxygen atoms in total. The maximum Gasteiger partial charge on any atom is 0.0841 e. The number of aliphatic hydroxyl groups excluding tert-OH is 1. The first-order valence-corrected chi connectivity index (χ1v) is 6.93. The highest BCUT2D eigenvalue weighted by molar-refractivity contribution is 7.08. The second kappa shape index (κ2) is 5.40. The molecule has 0 saturated carbocycles. The molecule has 0 fully saturated rings. The molecule has 4 heteroatoms. The minimum Gasteiger partial charge on any atom is -0.388 e. The molecule has 2 aromatic rings. The molecule has 0 radical (unpaired) electrons. The molecule has 0 aliphatic rings. The van der Waals surface area contributed by atoms with Crippen molar-refractivity contribution in [1.82, 2.24) is 0 Å². The van der Waals surface area contributed by atoms with Gasteiger partial charge in [0, 0.05) is 6.42 Å². The number of rotatable bonds is 3. The van der Waals surface area contributed by atoms with Crippen molar-refractivity contribution in [3.63, 3.8) is 0 Å². The summed E-state index contributed by atoms with van der Waals surface area (Å²) in [5, 5.41) is 15.2. The summed E-state index contributed by atoms with van der Waals surface area (Å²) in [6.07, 6.45) is -0.0473. The van der Waals surface area contributed by atoms with Gasteiger partial charge in [0.15, 0.2) is 0 Å². The highest BCUT2D eigenvalue weighted by Gasteiger charge is 2.14. The molecule has 1 aromatic heterocycles. The van der Waals surface area contributed by atoms with Gasteiger partial charge in [-0.05, 0) is 40.4 Å². The molecule has 0 amide bonds. The maximum absolute atomic E-state index is 10.2. The molecule has 0 saturated heterocycles. The summed E-state index contributed by atoms with van der Waals surface area (Å²) in [7, 11) is 0. The molecular weight excluding hydrogens is 275 g/mol. The Kier molecular flexibility index (Phi) is 4.10. The Morgan fingerprint density at radius 1 is 1.29 bits per heavy atom. The third-order valence-corrected chi connectivity index (χ3v) is 4.44. The summed E-state index contributed by atoms with van der Waals surface area (Å²) in [5.74, 6) is 0. The third kappa shape index (κ3) is 2.83. The van der Waals surface area contributed by atoms with Crippen molar-refractivity contribution >= 4 is 34.5 Å². The predicted octanol–water partition coefficient (Wildman–Crippen LogP) is 4.64. The van der Waals surface area contributed by atoms with Crippen molar-refractivity contribution in [1.29, 1.82) is 0 Å². The lowest BCUT2D eigenvalue weighted by Gasteiger charge is -2.12. The summed E-state index contributed by atoms with van der Waals surface area (Å²) in [4.78, 5) is 0. The average molecular weight is 287 g/mol. The van der Waals surface area contributed by atoms with Crippen LogP contribution in [0.2, 0.25) is 10.0 Å². The monoisotopic (exact) mass is 286 g/mol. The molecule has 1 aromatic carbocycles.